The number of methoxy groups -OCH3 is 1. The largest absolute Gasteiger partial charge is 0.465 e. The molecule has 1 amide bonds. The quantitative estimate of drug-likeness (QED) is 0.876. The molecule has 0 aliphatic carbocycles. The number of esters is 1. The van der Waals surface area contributed by atoms with E-state index in [9.17, 15) is 18.4 Å². The number of nitrogens with one attached hydrogen (secondary N) is 1. The monoisotopic (exact) mass is 325 g/mol. The minimum atomic E-state index is -1.23. The number of hydrogen-bond acceptors (Lipinski definition) is 4. The molecule has 22 heavy (non-hydrogen) atoms. The van der Waals surface area contributed by atoms with Gasteiger partial charge in [-0.1, -0.05) is 6.07 Å². The van der Waals surface area contributed by atoms with Gasteiger partial charge in [0.05, 0.1) is 18.2 Å². The van der Waals surface area contributed by atoms with Crippen LogP contribution in [-0.2, 0) is 4.74 Å². The molecule has 0 saturated heterocycles. The summed E-state index contributed by atoms with van der Waals surface area (Å²) >= 11 is 1.17. The summed E-state index contributed by atoms with van der Waals surface area (Å²) in [6, 6.07) is 3.32. The van der Waals surface area contributed by atoms with Gasteiger partial charge in [0.1, 0.15) is 5.00 Å². The third kappa shape index (κ3) is 2.85. The van der Waals surface area contributed by atoms with Crippen molar-refractivity contribution in [2.45, 2.75) is 13.8 Å². The number of thiophene rings is 1. The molecule has 0 atom stereocenters. The molecule has 0 radical (unpaired) electrons. The standard InChI is InChI=1S/C15H13F2NO3S/c1-7-8(2)22-14(11(7)15(20)21-3)18-13(19)9-5-4-6-10(16)12(9)17/h4-6H,1-3H3,(H,18,19). The molecule has 0 spiro atoms. The molecule has 2 rings (SSSR count). The fourth-order valence-electron chi connectivity index (χ4n) is 1.91. The Balaban J connectivity index is 2.39. The third-order valence-electron chi connectivity index (χ3n) is 3.20. The van der Waals surface area contributed by atoms with E-state index < -0.39 is 29.1 Å². The molecule has 0 aliphatic rings. The predicted molar refractivity (Wildman–Crippen MR) is 79.4 cm³/mol. The maximum atomic E-state index is 13.6. The van der Waals surface area contributed by atoms with Gasteiger partial charge in [-0.05, 0) is 31.5 Å². The van der Waals surface area contributed by atoms with Crippen LogP contribution in [0.5, 0.6) is 0 Å². The second kappa shape index (κ2) is 6.23. The smallest absolute Gasteiger partial charge is 0.341 e. The molecule has 7 heteroatoms. The lowest BCUT2D eigenvalue weighted by Crippen LogP contribution is -2.16. The SMILES string of the molecule is COC(=O)c1c(NC(=O)c2cccc(F)c2F)sc(C)c1C. The highest BCUT2D eigenvalue weighted by atomic mass is 32.1. The van der Waals surface area contributed by atoms with Crippen molar-refractivity contribution in [3.63, 3.8) is 0 Å². The number of anilines is 1. The minimum absolute atomic E-state index is 0.218. The van der Waals surface area contributed by atoms with Crippen LogP contribution in [0.2, 0.25) is 0 Å². The lowest BCUT2D eigenvalue weighted by atomic mass is 10.1. The summed E-state index contributed by atoms with van der Waals surface area (Å²) in [5.41, 5.74) is 0.460. The highest BCUT2D eigenvalue weighted by molar-refractivity contribution is 7.16. The number of halogens is 2. The number of carbonyl (C=O) groups excluding carboxylic acids is 2. The van der Waals surface area contributed by atoms with E-state index >= 15 is 0 Å². The molecule has 0 aliphatic heterocycles. The normalized spacial score (nSPS) is 10.4. The van der Waals surface area contributed by atoms with Gasteiger partial charge in [0.15, 0.2) is 11.6 Å². The second-order valence-electron chi connectivity index (χ2n) is 4.53. The summed E-state index contributed by atoms with van der Waals surface area (Å²) < 4.78 is 31.5. The lowest BCUT2D eigenvalue weighted by Gasteiger charge is -2.07. The molecular weight excluding hydrogens is 312 g/mol. The Morgan fingerprint density at radius 1 is 1.23 bits per heavy atom. The molecule has 116 valence electrons. The van der Waals surface area contributed by atoms with Crippen molar-refractivity contribution in [2.75, 3.05) is 12.4 Å². The number of aryl methyl sites for hydroxylation is 1. The zero-order valence-electron chi connectivity index (χ0n) is 12.1. The molecule has 0 saturated carbocycles. The highest BCUT2D eigenvalue weighted by Gasteiger charge is 2.23. The maximum absolute atomic E-state index is 13.6. The number of amides is 1. The number of ether oxygens (including phenoxy) is 1. The Morgan fingerprint density at radius 2 is 1.91 bits per heavy atom. The topological polar surface area (TPSA) is 55.4 Å². The van der Waals surface area contributed by atoms with Gasteiger partial charge in [0, 0.05) is 4.88 Å². The Kier molecular flexibility index (Phi) is 4.56. The Hall–Kier alpha value is -2.28. The first-order valence-corrected chi connectivity index (χ1v) is 7.12. The molecule has 4 nitrogen and oxygen atoms in total. The van der Waals surface area contributed by atoms with Gasteiger partial charge in [-0.15, -0.1) is 11.3 Å². The van der Waals surface area contributed by atoms with Crippen molar-refractivity contribution in [1.29, 1.82) is 0 Å². The first kappa shape index (κ1) is 16.1. The minimum Gasteiger partial charge on any atom is -0.465 e. The second-order valence-corrected chi connectivity index (χ2v) is 5.76. The summed E-state index contributed by atoms with van der Waals surface area (Å²) in [4.78, 5) is 24.7. The van der Waals surface area contributed by atoms with Crippen LogP contribution in [0.4, 0.5) is 13.8 Å². The molecule has 0 bridgehead atoms. The molecule has 0 unspecified atom stereocenters. The summed E-state index contributed by atoms with van der Waals surface area (Å²) in [7, 11) is 1.23. The van der Waals surface area contributed by atoms with Gasteiger partial charge >= 0.3 is 5.97 Å². The van der Waals surface area contributed by atoms with E-state index in [1.807, 2.05) is 0 Å². The summed E-state index contributed by atoms with van der Waals surface area (Å²) in [6.45, 7) is 3.50. The summed E-state index contributed by atoms with van der Waals surface area (Å²) in [5.74, 6) is -3.77. The molecule has 0 fully saturated rings. The van der Waals surface area contributed by atoms with Crippen LogP contribution in [0.25, 0.3) is 0 Å². The van der Waals surface area contributed by atoms with Gasteiger partial charge in [-0.3, -0.25) is 4.79 Å². The first-order chi connectivity index (χ1) is 10.4. The Bertz CT molecular complexity index is 755. The van der Waals surface area contributed by atoms with Crippen molar-refractivity contribution in [3.8, 4) is 0 Å². The zero-order chi connectivity index (χ0) is 16.4. The van der Waals surface area contributed by atoms with Gasteiger partial charge < -0.3 is 10.1 Å². The van der Waals surface area contributed by atoms with Gasteiger partial charge in [-0.25, -0.2) is 13.6 Å². The maximum Gasteiger partial charge on any atom is 0.341 e. The van der Waals surface area contributed by atoms with E-state index in [4.69, 9.17) is 0 Å². The van der Waals surface area contributed by atoms with Crippen molar-refractivity contribution in [2.24, 2.45) is 0 Å². The van der Waals surface area contributed by atoms with Crippen molar-refractivity contribution < 1.29 is 23.1 Å². The van der Waals surface area contributed by atoms with Crippen molar-refractivity contribution in [1.82, 2.24) is 0 Å². The lowest BCUT2D eigenvalue weighted by molar-refractivity contribution is 0.0601. The molecule has 1 heterocycles. The highest BCUT2D eigenvalue weighted by Crippen LogP contribution is 2.33. The molecule has 1 aromatic carbocycles. The van der Waals surface area contributed by atoms with Crippen LogP contribution < -0.4 is 5.32 Å². The van der Waals surface area contributed by atoms with E-state index in [0.717, 1.165) is 10.9 Å². The summed E-state index contributed by atoms with van der Waals surface area (Å²) in [6.07, 6.45) is 0. The predicted octanol–water partition coefficient (Wildman–Crippen LogP) is 3.68. The fourth-order valence-corrected chi connectivity index (χ4v) is 2.96. The van der Waals surface area contributed by atoms with Crippen LogP contribution in [0.1, 0.15) is 31.2 Å². The van der Waals surface area contributed by atoms with Crippen LogP contribution in [0.3, 0.4) is 0 Å². The van der Waals surface area contributed by atoms with Gasteiger partial charge in [0.25, 0.3) is 5.91 Å². The van der Waals surface area contributed by atoms with Gasteiger partial charge in [-0.2, -0.15) is 0 Å². The van der Waals surface area contributed by atoms with Crippen LogP contribution >= 0.6 is 11.3 Å². The number of benzene rings is 1. The Labute approximate surface area is 129 Å². The van der Waals surface area contributed by atoms with Crippen LogP contribution in [0.15, 0.2) is 18.2 Å². The zero-order valence-corrected chi connectivity index (χ0v) is 12.9. The van der Waals surface area contributed by atoms with E-state index in [1.165, 1.54) is 30.6 Å². The average molecular weight is 325 g/mol. The Morgan fingerprint density at radius 3 is 2.55 bits per heavy atom. The molecule has 2 aromatic rings. The first-order valence-electron chi connectivity index (χ1n) is 6.30. The number of hydrogen-bond donors (Lipinski definition) is 1. The number of carbonyl (C=O) groups is 2. The van der Waals surface area contributed by atoms with Crippen LogP contribution in [-0.4, -0.2) is 19.0 Å². The van der Waals surface area contributed by atoms with Crippen molar-refractivity contribution in [3.05, 3.63) is 51.4 Å². The molecule has 1 aromatic heterocycles. The molecular formula is C15H13F2NO3S. The molecule has 1 N–H and O–H groups in total. The average Bonchev–Trinajstić information content (AvgIpc) is 2.75. The van der Waals surface area contributed by atoms with E-state index in [-0.39, 0.29) is 10.6 Å². The van der Waals surface area contributed by atoms with E-state index in [2.05, 4.69) is 10.1 Å². The van der Waals surface area contributed by atoms with E-state index in [1.54, 1.807) is 13.8 Å². The van der Waals surface area contributed by atoms with E-state index in [0.29, 0.717) is 5.56 Å². The third-order valence-corrected chi connectivity index (χ3v) is 4.32. The van der Waals surface area contributed by atoms with Crippen molar-refractivity contribution >= 4 is 28.2 Å². The number of rotatable bonds is 3. The fraction of sp³-hybridized carbons (Fsp3) is 0.200. The van der Waals surface area contributed by atoms with Gasteiger partial charge in [0.2, 0.25) is 0 Å². The van der Waals surface area contributed by atoms with Crippen LogP contribution in [0, 0.1) is 25.5 Å². The summed E-state index contributed by atoms with van der Waals surface area (Å²) in [5, 5.41) is 2.69.